The lowest BCUT2D eigenvalue weighted by Gasteiger charge is -2.35. The first kappa shape index (κ1) is 21.8. The van der Waals surface area contributed by atoms with Gasteiger partial charge < -0.3 is 18.8 Å². The number of amides is 1. The standard InChI is InChI=1S/C19H28N2O7S/c1-12-16(19(23)26-4)17(13(2)28-12)29(24,25)21-9-7-20(8-10-21)18(22)14(3)27-11-15-5-6-15/h14-15H,5-11H2,1-4H3. The van der Waals surface area contributed by atoms with Crippen molar-refractivity contribution in [2.24, 2.45) is 5.92 Å². The first-order chi connectivity index (χ1) is 13.7. The highest BCUT2D eigenvalue weighted by Gasteiger charge is 2.38. The third-order valence-electron chi connectivity index (χ3n) is 5.37. The Morgan fingerprint density at radius 2 is 1.76 bits per heavy atom. The molecule has 2 aliphatic rings. The summed E-state index contributed by atoms with van der Waals surface area (Å²) in [5, 5.41) is 0. The van der Waals surface area contributed by atoms with Crippen molar-refractivity contribution < 1.29 is 31.9 Å². The van der Waals surface area contributed by atoms with Gasteiger partial charge in [-0.3, -0.25) is 4.79 Å². The normalized spacial score (nSPS) is 19.2. The molecule has 10 heteroatoms. The van der Waals surface area contributed by atoms with E-state index in [4.69, 9.17) is 13.9 Å². The number of hydrogen-bond acceptors (Lipinski definition) is 7. The number of nitrogens with zero attached hydrogens (tertiary/aromatic N) is 2. The second-order valence-corrected chi connectivity index (χ2v) is 9.43. The Morgan fingerprint density at radius 1 is 1.14 bits per heavy atom. The van der Waals surface area contributed by atoms with Crippen LogP contribution in [0.15, 0.2) is 9.31 Å². The van der Waals surface area contributed by atoms with Crippen LogP contribution in [0.25, 0.3) is 0 Å². The number of sulfonamides is 1. The van der Waals surface area contributed by atoms with Crippen molar-refractivity contribution >= 4 is 21.9 Å². The molecule has 2 fully saturated rings. The number of esters is 1. The summed E-state index contributed by atoms with van der Waals surface area (Å²) in [7, 11) is -2.78. The number of rotatable bonds is 7. The molecule has 9 nitrogen and oxygen atoms in total. The van der Waals surface area contributed by atoms with Crippen molar-refractivity contribution in [1.29, 1.82) is 0 Å². The predicted molar refractivity (Wildman–Crippen MR) is 103 cm³/mol. The Morgan fingerprint density at radius 3 is 2.31 bits per heavy atom. The van der Waals surface area contributed by atoms with Crippen molar-refractivity contribution in [3.05, 3.63) is 17.1 Å². The van der Waals surface area contributed by atoms with E-state index in [1.54, 1.807) is 11.8 Å². The largest absolute Gasteiger partial charge is 0.465 e. The predicted octanol–water partition coefficient (Wildman–Crippen LogP) is 1.33. The molecule has 1 amide bonds. The molecule has 1 saturated carbocycles. The number of carbonyl (C=O) groups excluding carboxylic acids is 2. The SMILES string of the molecule is COC(=O)c1c(C)oc(C)c1S(=O)(=O)N1CCN(C(=O)C(C)OCC2CC2)CC1. The third kappa shape index (κ3) is 4.49. The molecule has 0 N–H and O–H groups in total. The van der Waals surface area contributed by atoms with Gasteiger partial charge in [0.15, 0.2) is 0 Å². The number of aryl methyl sites for hydroxylation is 2. The molecule has 162 valence electrons. The van der Waals surface area contributed by atoms with Crippen LogP contribution in [0.5, 0.6) is 0 Å². The molecule has 1 unspecified atom stereocenters. The molecule has 1 aromatic heterocycles. The molecule has 0 radical (unpaired) electrons. The molecule has 1 aliphatic carbocycles. The van der Waals surface area contributed by atoms with Gasteiger partial charge in [0.05, 0.1) is 13.7 Å². The molecule has 1 saturated heterocycles. The molecule has 29 heavy (non-hydrogen) atoms. The van der Waals surface area contributed by atoms with E-state index in [0.29, 0.717) is 12.5 Å². The lowest BCUT2D eigenvalue weighted by atomic mass is 10.2. The van der Waals surface area contributed by atoms with Crippen molar-refractivity contribution in [3.63, 3.8) is 0 Å². The number of ether oxygens (including phenoxy) is 2. The molecule has 2 heterocycles. The molecule has 0 aromatic carbocycles. The monoisotopic (exact) mass is 428 g/mol. The Labute approximate surface area is 171 Å². The van der Waals surface area contributed by atoms with Crippen molar-refractivity contribution in [2.75, 3.05) is 39.9 Å². The van der Waals surface area contributed by atoms with E-state index in [1.807, 2.05) is 0 Å². The summed E-state index contributed by atoms with van der Waals surface area (Å²) >= 11 is 0. The highest BCUT2D eigenvalue weighted by Crippen LogP contribution is 2.31. The smallest absolute Gasteiger partial charge is 0.342 e. The third-order valence-corrected chi connectivity index (χ3v) is 7.42. The van der Waals surface area contributed by atoms with Gasteiger partial charge in [0.25, 0.3) is 5.91 Å². The zero-order chi connectivity index (χ0) is 21.3. The number of methoxy groups -OCH3 is 1. The van der Waals surface area contributed by atoms with E-state index in [1.165, 1.54) is 25.3 Å². The quantitative estimate of drug-likeness (QED) is 0.603. The molecule has 1 atom stereocenters. The molecule has 3 rings (SSSR count). The number of hydrogen-bond donors (Lipinski definition) is 0. The summed E-state index contributed by atoms with van der Waals surface area (Å²) in [6.45, 7) is 6.15. The Hall–Kier alpha value is -1.91. The van der Waals surface area contributed by atoms with Crippen LogP contribution in [0.2, 0.25) is 0 Å². The maximum absolute atomic E-state index is 13.2. The first-order valence-electron chi connectivity index (χ1n) is 9.75. The topological polar surface area (TPSA) is 106 Å². The maximum atomic E-state index is 13.2. The Bertz CT molecular complexity index is 881. The van der Waals surface area contributed by atoms with Crippen molar-refractivity contribution in [3.8, 4) is 0 Å². The molecule has 0 spiro atoms. The Balaban J connectivity index is 1.68. The van der Waals surface area contributed by atoms with E-state index in [0.717, 1.165) is 12.8 Å². The highest BCUT2D eigenvalue weighted by molar-refractivity contribution is 7.89. The van der Waals surface area contributed by atoms with Gasteiger partial charge in [0.2, 0.25) is 10.0 Å². The summed E-state index contributed by atoms with van der Waals surface area (Å²) in [5.74, 6) is 0.0199. The van der Waals surface area contributed by atoms with Crippen LogP contribution in [0.1, 0.15) is 41.6 Å². The molecular formula is C19H28N2O7S. The van der Waals surface area contributed by atoms with Gasteiger partial charge in [0.1, 0.15) is 28.1 Å². The van der Waals surface area contributed by atoms with Crippen molar-refractivity contribution in [1.82, 2.24) is 9.21 Å². The van der Waals surface area contributed by atoms with Crippen LogP contribution >= 0.6 is 0 Å². The fourth-order valence-electron chi connectivity index (χ4n) is 3.48. The van der Waals surface area contributed by atoms with Gasteiger partial charge in [-0.25, -0.2) is 13.2 Å². The van der Waals surface area contributed by atoms with E-state index >= 15 is 0 Å². The average molecular weight is 429 g/mol. The minimum Gasteiger partial charge on any atom is -0.465 e. The molecule has 1 aliphatic heterocycles. The second kappa shape index (κ2) is 8.45. The van der Waals surface area contributed by atoms with Gasteiger partial charge in [-0.05, 0) is 39.5 Å². The van der Waals surface area contributed by atoms with E-state index < -0.39 is 22.1 Å². The van der Waals surface area contributed by atoms with Gasteiger partial charge in [-0.1, -0.05) is 0 Å². The summed E-state index contributed by atoms with van der Waals surface area (Å²) in [6.07, 6.45) is 1.76. The summed E-state index contributed by atoms with van der Waals surface area (Å²) < 4.78 is 43.4. The van der Waals surface area contributed by atoms with Gasteiger partial charge >= 0.3 is 5.97 Å². The molecule has 0 bridgehead atoms. The first-order valence-corrected chi connectivity index (χ1v) is 11.2. The zero-order valence-corrected chi connectivity index (χ0v) is 18.1. The minimum absolute atomic E-state index is 0.0781. The summed E-state index contributed by atoms with van der Waals surface area (Å²) in [6, 6.07) is 0. The number of carbonyl (C=O) groups is 2. The van der Waals surface area contributed by atoms with Gasteiger partial charge in [0, 0.05) is 26.2 Å². The van der Waals surface area contributed by atoms with Gasteiger partial charge in [-0.2, -0.15) is 4.31 Å². The fraction of sp³-hybridized carbons (Fsp3) is 0.684. The maximum Gasteiger partial charge on any atom is 0.342 e. The number of furan rings is 1. The van der Waals surface area contributed by atoms with Crippen LogP contribution in [0.3, 0.4) is 0 Å². The van der Waals surface area contributed by atoms with E-state index in [2.05, 4.69) is 0 Å². The highest BCUT2D eigenvalue weighted by atomic mass is 32.2. The van der Waals surface area contributed by atoms with Gasteiger partial charge in [-0.15, -0.1) is 0 Å². The van der Waals surface area contributed by atoms with E-state index in [9.17, 15) is 18.0 Å². The van der Waals surface area contributed by atoms with Crippen LogP contribution < -0.4 is 0 Å². The van der Waals surface area contributed by atoms with Crippen LogP contribution in [0, 0.1) is 19.8 Å². The zero-order valence-electron chi connectivity index (χ0n) is 17.3. The second-order valence-electron chi connectivity index (χ2n) is 7.56. The lowest BCUT2D eigenvalue weighted by Crippen LogP contribution is -2.53. The van der Waals surface area contributed by atoms with Crippen LogP contribution in [-0.2, 0) is 24.3 Å². The van der Waals surface area contributed by atoms with Crippen LogP contribution in [0.4, 0.5) is 0 Å². The summed E-state index contributed by atoms with van der Waals surface area (Å²) in [5.41, 5.74) is -0.0781. The van der Waals surface area contributed by atoms with Crippen molar-refractivity contribution in [2.45, 2.75) is 44.6 Å². The lowest BCUT2D eigenvalue weighted by molar-refractivity contribution is -0.144. The molecular weight excluding hydrogens is 400 g/mol. The summed E-state index contributed by atoms with van der Waals surface area (Å²) in [4.78, 5) is 26.1. The van der Waals surface area contributed by atoms with E-state index in [-0.39, 0.29) is 54.1 Å². The average Bonchev–Trinajstić information content (AvgIpc) is 3.47. The van der Waals surface area contributed by atoms with Crippen LogP contribution in [-0.4, -0.2) is 75.5 Å². The molecule has 1 aromatic rings. The number of piperazine rings is 1. The minimum atomic E-state index is -3.97. The Kier molecular flexibility index (Phi) is 6.35. The fourth-order valence-corrected chi connectivity index (χ4v) is 5.28.